The number of rotatable bonds is 5. The van der Waals surface area contributed by atoms with Gasteiger partial charge in [0.1, 0.15) is 6.04 Å². The molecule has 3 nitrogen and oxygen atoms in total. The first kappa shape index (κ1) is 15.4. The molecule has 0 radical (unpaired) electrons. The van der Waals surface area contributed by atoms with Crippen molar-refractivity contribution in [1.29, 1.82) is 0 Å². The van der Waals surface area contributed by atoms with Crippen LogP contribution in [-0.2, 0) is 9.53 Å². The third-order valence-electron chi connectivity index (χ3n) is 3.76. The minimum atomic E-state index is -0.0787. The molecule has 1 atom stereocenters. The number of benzene rings is 1. The van der Waals surface area contributed by atoms with Gasteiger partial charge in [-0.25, -0.2) is 0 Å². The van der Waals surface area contributed by atoms with E-state index in [0.717, 1.165) is 31.7 Å². The van der Waals surface area contributed by atoms with Gasteiger partial charge in [0.05, 0.1) is 7.11 Å². The maximum atomic E-state index is 11.8. The Balaban J connectivity index is 1.82. The quantitative estimate of drug-likeness (QED) is 0.616. The van der Waals surface area contributed by atoms with E-state index in [2.05, 4.69) is 36.1 Å². The van der Waals surface area contributed by atoms with Gasteiger partial charge < -0.3 is 4.74 Å². The van der Waals surface area contributed by atoms with Crippen LogP contribution in [0.5, 0.6) is 0 Å². The number of likely N-dealkylation sites (tertiary alicyclic amines) is 1. The largest absolute Gasteiger partial charge is 0.468 e. The van der Waals surface area contributed by atoms with Crippen LogP contribution < -0.4 is 0 Å². The van der Waals surface area contributed by atoms with Gasteiger partial charge in [-0.1, -0.05) is 24.1 Å². The van der Waals surface area contributed by atoms with E-state index >= 15 is 0 Å². The predicted molar refractivity (Wildman–Crippen MR) is 83.1 cm³/mol. The Morgan fingerprint density at radius 3 is 2.80 bits per heavy atom. The van der Waals surface area contributed by atoms with Crippen molar-refractivity contribution in [2.24, 2.45) is 0 Å². The van der Waals surface area contributed by atoms with Crippen LogP contribution in [0.3, 0.4) is 0 Å². The summed E-state index contributed by atoms with van der Waals surface area (Å²) in [7, 11) is 1.48. The van der Waals surface area contributed by atoms with Crippen LogP contribution in [0.15, 0.2) is 29.2 Å². The molecule has 1 aromatic rings. The molecule has 1 unspecified atom stereocenters. The Hall–Kier alpha value is -1.00. The molecular weight excluding hydrogens is 270 g/mol. The van der Waals surface area contributed by atoms with Crippen molar-refractivity contribution >= 4 is 17.7 Å². The van der Waals surface area contributed by atoms with Crippen molar-refractivity contribution in [3.63, 3.8) is 0 Å². The smallest absolute Gasteiger partial charge is 0.323 e. The van der Waals surface area contributed by atoms with Gasteiger partial charge in [-0.2, -0.15) is 0 Å². The highest BCUT2D eigenvalue weighted by molar-refractivity contribution is 7.99. The average Bonchev–Trinajstić information content (AvgIpc) is 2.49. The third kappa shape index (κ3) is 4.25. The lowest BCUT2D eigenvalue weighted by Crippen LogP contribution is -2.46. The number of carbonyl (C=O) groups is 1. The Bertz CT molecular complexity index is 433. The van der Waals surface area contributed by atoms with Crippen molar-refractivity contribution in [3.8, 4) is 0 Å². The van der Waals surface area contributed by atoms with Gasteiger partial charge >= 0.3 is 5.97 Å². The lowest BCUT2D eigenvalue weighted by molar-refractivity contribution is -0.148. The standard InChI is InChI=1S/C16H23NO2S/c1-13-6-8-14(9-7-13)20-12-11-17-10-4-3-5-15(17)16(18)19-2/h6-9,15H,3-5,10-12H2,1-2H3. The maximum absolute atomic E-state index is 11.8. The van der Waals surface area contributed by atoms with E-state index in [1.165, 1.54) is 24.0 Å². The molecule has 0 bridgehead atoms. The Morgan fingerprint density at radius 1 is 1.35 bits per heavy atom. The molecular formula is C16H23NO2S. The van der Waals surface area contributed by atoms with Crippen LogP contribution in [-0.4, -0.2) is 42.9 Å². The van der Waals surface area contributed by atoms with Gasteiger partial charge in [0.25, 0.3) is 0 Å². The molecule has 0 saturated carbocycles. The summed E-state index contributed by atoms with van der Waals surface area (Å²) in [5, 5.41) is 0. The van der Waals surface area contributed by atoms with Gasteiger partial charge in [-0.15, -0.1) is 11.8 Å². The minimum absolute atomic E-state index is 0.0348. The number of thioether (sulfide) groups is 1. The van der Waals surface area contributed by atoms with E-state index in [1.807, 2.05) is 11.8 Å². The molecule has 1 fully saturated rings. The Labute approximate surface area is 125 Å². The monoisotopic (exact) mass is 293 g/mol. The minimum Gasteiger partial charge on any atom is -0.468 e. The number of esters is 1. The summed E-state index contributed by atoms with van der Waals surface area (Å²) in [6.07, 6.45) is 3.24. The van der Waals surface area contributed by atoms with Gasteiger partial charge in [-0.05, 0) is 38.4 Å². The molecule has 1 aromatic carbocycles. The number of ether oxygens (including phenoxy) is 1. The average molecular weight is 293 g/mol. The zero-order chi connectivity index (χ0) is 14.4. The molecule has 1 heterocycles. The second-order valence-electron chi connectivity index (χ2n) is 5.23. The molecule has 0 spiro atoms. The third-order valence-corrected chi connectivity index (χ3v) is 4.75. The van der Waals surface area contributed by atoms with Crippen LogP contribution in [0, 0.1) is 6.92 Å². The highest BCUT2D eigenvalue weighted by atomic mass is 32.2. The highest BCUT2D eigenvalue weighted by Gasteiger charge is 2.28. The van der Waals surface area contributed by atoms with Gasteiger partial charge in [0, 0.05) is 17.2 Å². The number of methoxy groups -OCH3 is 1. The van der Waals surface area contributed by atoms with Crippen LogP contribution >= 0.6 is 11.8 Å². The summed E-state index contributed by atoms with van der Waals surface area (Å²) in [5.74, 6) is 0.932. The molecule has 110 valence electrons. The van der Waals surface area contributed by atoms with E-state index < -0.39 is 0 Å². The molecule has 2 rings (SSSR count). The number of piperidine rings is 1. The number of hydrogen-bond acceptors (Lipinski definition) is 4. The molecule has 0 aromatic heterocycles. The summed E-state index contributed by atoms with van der Waals surface area (Å²) in [4.78, 5) is 15.3. The number of carbonyl (C=O) groups excluding carboxylic acids is 1. The van der Waals surface area contributed by atoms with Gasteiger partial charge in [-0.3, -0.25) is 9.69 Å². The molecule has 4 heteroatoms. The van der Waals surface area contributed by atoms with E-state index in [1.54, 1.807) is 0 Å². The van der Waals surface area contributed by atoms with E-state index in [-0.39, 0.29) is 12.0 Å². The fraction of sp³-hybridized carbons (Fsp3) is 0.562. The summed E-state index contributed by atoms with van der Waals surface area (Å²) in [6.45, 7) is 4.05. The summed E-state index contributed by atoms with van der Waals surface area (Å²) in [6, 6.07) is 8.57. The first-order valence-electron chi connectivity index (χ1n) is 7.22. The van der Waals surface area contributed by atoms with Crippen molar-refractivity contribution in [2.75, 3.05) is 26.0 Å². The van der Waals surface area contributed by atoms with Crippen LogP contribution in [0.1, 0.15) is 24.8 Å². The van der Waals surface area contributed by atoms with Crippen molar-refractivity contribution < 1.29 is 9.53 Å². The molecule has 1 aliphatic heterocycles. The van der Waals surface area contributed by atoms with E-state index in [4.69, 9.17) is 4.74 Å². The number of hydrogen-bond donors (Lipinski definition) is 0. The van der Waals surface area contributed by atoms with Crippen molar-refractivity contribution in [2.45, 2.75) is 37.1 Å². The lowest BCUT2D eigenvalue weighted by atomic mass is 10.0. The first-order valence-corrected chi connectivity index (χ1v) is 8.20. The van der Waals surface area contributed by atoms with Crippen LogP contribution in [0.25, 0.3) is 0 Å². The molecule has 0 N–H and O–H groups in total. The molecule has 0 aliphatic carbocycles. The van der Waals surface area contributed by atoms with Crippen LogP contribution in [0.4, 0.5) is 0 Å². The van der Waals surface area contributed by atoms with Gasteiger partial charge in [0.2, 0.25) is 0 Å². The summed E-state index contributed by atoms with van der Waals surface area (Å²) >= 11 is 1.85. The SMILES string of the molecule is COC(=O)C1CCCCN1CCSc1ccc(C)cc1. The Morgan fingerprint density at radius 2 is 2.10 bits per heavy atom. The van der Waals surface area contributed by atoms with Crippen molar-refractivity contribution in [1.82, 2.24) is 4.90 Å². The Kier molecular flexibility index (Phi) is 5.92. The molecule has 0 amide bonds. The maximum Gasteiger partial charge on any atom is 0.323 e. The van der Waals surface area contributed by atoms with Crippen molar-refractivity contribution in [3.05, 3.63) is 29.8 Å². The fourth-order valence-electron chi connectivity index (χ4n) is 2.58. The van der Waals surface area contributed by atoms with E-state index in [0.29, 0.717) is 0 Å². The van der Waals surface area contributed by atoms with E-state index in [9.17, 15) is 4.79 Å². The number of aryl methyl sites for hydroxylation is 1. The van der Waals surface area contributed by atoms with Gasteiger partial charge in [0.15, 0.2) is 0 Å². The second-order valence-corrected chi connectivity index (χ2v) is 6.40. The fourth-order valence-corrected chi connectivity index (χ4v) is 3.47. The predicted octanol–water partition coefficient (Wildman–Crippen LogP) is 3.11. The lowest BCUT2D eigenvalue weighted by Gasteiger charge is -2.33. The zero-order valence-electron chi connectivity index (χ0n) is 12.3. The summed E-state index contributed by atoms with van der Waals surface area (Å²) in [5.41, 5.74) is 1.29. The molecule has 1 saturated heterocycles. The highest BCUT2D eigenvalue weighted by Crippen LogP contribution is 2.22. The normalized spacial score (nSPS) is 19.8. The van der Waals surface area contributed by atoms with Crippen LogP contribution in [0.2, 0.25) is 0 Å². The topological polar surface area (TPSA) is 29.5 Å². The number of nitrogens with zero attached hydrogens (tertiary/aromatic N) is 1. The molecule has 1 aliphatic rings. The second kappa shape index (κ2) is 7.70. The zero-order valence-corrected chi connectivity index (χ0v) is 13.1. The molecule has 20 heavy (non-hydrogen) atoms. The summed E-state index contributed by atoms with van der Waals surface area (Å²) < 4.78 is 4.91. The first-order chi connectivity index (χ1) is 9.70.